The summed E-state index contributed by atoms with van der Waals surface area (Å²) >= 11 is 1.33. The van der Waals surface area contributed by atoms with E-state index < -0.39 is 21.9 Å². The van der Waals surface area contributed by atoms with E-state index in [1.807, 2.05) is 0 Å². The third kappa shape index (κ3) is 4.62. The largest absolute Gasteiger partial charge is 0.453 e. The van der Waals surface area contributed by atoms with Crippen molar-refractivity contribution in [2.75, 3.05) is 32.1 Å². The first-order chi connectivity index (χ1) is 15.3. The van der Waals surface area contributed by atoms with E-state index in [9.17, 15) is 22.4 Å². The predicted octanol–water partition coefficient (Wildman–Crippen LogP) is 2.45. The molecule has 12 heteroatoms. The van der Waals surface area contributed by atoms with Gasteiger partial charge in [-0.2, -0.15) is 4.31 Å². The Morgan fingerprint density at radius 1 is 1.19 bits per heavy atom. The first-order valence-electron chi connectivity index (χ1n) is 10.2. The number of anilines is 1. The topological polar surface area (TPSA) is 109 Å². The number of amides is 2. The van der Waals surface area contributed by atoms with Gasteiger partial charge in [0.2, 0.25) is 15.9 Å². The Morgan fingerprint density at radius 2 is 1.88 bits per heavy atom. The number of nitrogens with one attached hydrogen (secondary N) is 1. The Balaban J connectivity index is 1.34. The normalized spacial score (nSPS) is 17.6. The van der Waals surface area contributed by atoms with Crippen molar-refractivity contribution < 1.29 is 27.1 Å². The van der Waals surface area contributed by atoms with Crippen LogP contribution in [0.2, 0.25) is 0 Å². The van der Waals surface area contributed by atoms with Crippen molar-refractivity contribution in [1.29, 1.82) is 0 Å². The van der Waals surface area contributed by atoms with Gasteiger partial charge in [-0.05, 0) is 37.1 Å². The van der Waals surface area contributed by atoms with Crippen molar-refractivity contribution in [3.05, 3.63) is 40.7 Å². The number of hydrogen-bond acceptors (Lipinski definition) is 7. The van der Waals surface area contributed by atoms with Crippen molar-refractivity contribution in [2.45, 2.75) is 30.7 Å². The van der Waals surface area contributed by atoms with Gasteiger partial charge >= 0.3 is 6.09 Å². The lowest BCUT2D eigenvalue weighted by molar-refractivity contribution is -0.120. The van der Waals surface area contributed by atoms with Crippen molar-refractivity contribution in [2.24, 2.45) is 5.92 Å². The molecule has 32 heavy (non-hydrogen) atoms. The Hall–Kier alpha value is -2.57. The van der Waals surface area contributed by atoms with E-state index in [2.05, 4.69) is 10.3 Å². The van der Waals surface area contributed by atoms with E-state index in [1.54, 1.807) is 4.90 Å². The number of sulfonamides is 1. The molecule has 2 amide bonds. The number of carbonyl (C=O) groups is 2. The van der Waals surface area contributed by atoms with Gasteiger partial charge in [-0.1, -0.05) is 11.3 Å². The number of fused-ring (bicyclic) bond motifs is 1. The van der Waals surface area contributed by atoms with Gasteiger partial charge in [0.1, 0.15) is 5.82 Å². The molecule has 172 valence electrons. The minimum absolute atomic E-state index is 0.0381. The van der Waals surface area contributed by atoms with Crippen molar-refractivity contribution in [1.82, 2.24) is 14.2 Å². The van der Waals surface area contributed by atoms with Crippen LogP contribution in [-0.4, -0.2) is 61.4 Å². The van der Waals surface area contributed by atoms with Crippen LogP contribution in [0.4, 0.5) is 14.3 Å². The summed E-state index contributed by atoms with van der Waals surface area (Å²) in [6.07, 6.45) is 0.967. The van der Waals surface area contributed by atoms with Gasteiger partial charge in [0.25, 0.3) is 0 Å². The minimum atomic E-state index is -3.72. The Bertz CT molecular complexity index is 1110. The minimum Gasteiger partial charge on any atom is -0.453 e. The quantitative estimate of drug-likeness (QED) is 0.717. The zero-order chi connectivity index (χ0) is 22.9. The van der Waals surface area contributed by atoms with Crippen LogP contribution in [0.15, 0.2) is 29.2 Å². The summed E-state index contributed by atoms with van der Waals surface area (Å²) in [5.41, 5.74) is 0.866. The van der Waals surface area contributed by atoms with Gasteiger partial charge in [-0.25, -0.2) is 22.6 Å². The van der Waals surface area contributed by atoms with Gasteiger partial charge in [-0.15, -0.1) is 0 Å². The summed E-state index contributed by atoms with van der Waals surface area (Å²) in [6, 6.07) is 4.72. The van der Waals surface area contributed by atoms with E-state index in [0.29, 0.717) is 37.5 Å². The Morgan fingerprint density at radius 3 is 2.53 bits per heavy atom. The number of ether oxygens (including phenoxy) is 1. The number of nitrogens with zero attached hydrogens (tertiary/aromatic N) is 3. The summed E-state index contributed by atoms with van der Waals surface area (Å²) in [7, 11) is -2.38. The molecule has 2 aliphatic rings. The number of thiazole rings is 1. The zero-order valence-electron chi connectivity index (χ0n) is 17.4. The molecule has 2 aliphatic heterocycles. The number of aromatic nitrogens is 1. The van der Waals surface area contributed by atoms with Crippen LogP contribution in [-0.2, 0) is 32.5 Å². The van der Waals surface area contributed by atoms with Gasteiger partial charge in [0.05, 0.1) is 24.2 Å². The average Bonchev–Trinajstić information content (AvgIpc) is 3.20. The average molecular weight is 483 g/mol. The molecular weight excluding hydrogens is 459 g/mol. The molecule has 0 radical (unpaired) electrons. The van der Waals surface area contributed by atoms with Gasteiger partial charge in [-0.3, -0.25) is 4.79 Å². The number of methoxy groups -OCH3 is 1. The SMILES string of the molecule is COC(=O)N1CCc2nc(NC(=O)C3CCN(S(=O)(=O)c4ccc(F)cc4)CC3)sc2C1. The number of rotatable bonds is 4. The number of halogens is 1. The number of hydrogen-bond donors (Lipinski definition) is 1. The first-order valence-corrected chi connectivity index (χ1v) is 12.4. The summed E-state index contributed by atoms with van der Waals surface area (Å²) in [4.78, 5) is 31.5. The fraction of sp³-hybridized carbons (Fsp3) is 0.450. The maximum Gasteiger partial charge on any atom is 0.409 e. The third-order valence-electron chi connectivity index (χ3n) is 5.67. The predicted molar refractivity (Wildman–Crippen MR) is 115 cm³/mol. The lowest BCUT2D eigenvalue weighted by Gasteiger charge is -2.30. The molecule has 0 aliphatic carbocycles. The van der Waals surface area contributed by atoms with E-state index in [1.165, 1.54) is 34.9 Å². The molecule has 1 saturated heterocycles. The Labute approximate surface area is 189 Å². The highest BCUT2D eigenvalue weighted by molar-refractivity contribution is 7.89. The molecule has 1 fully saturated rings. The van der Waals surface area contributed by atoms with Crippen molar-refractivity contribution in [3.63, 3.8) is 0 Å². The highest BCUT2D eigenvalue weighted by Gasteiger charge is 2.33. The monoisotopic (exact) mass is 482 g/mol. The van der Waals surface area contributed by atoms with Crippen LogP contribution in [0, 0.1) is 11.7 Å². The highest BCUT2D eigenvalue weighted by Crippen LogP contribution is 2.30. The van der Waals surface area contributed by atoms with Crippen LogP contribution >= 0.6 is 11.3 Å². The molecule has 0 atom stereocenters. The first kappa shape index (κ1) is 22.6. The van der Waals surface area contributed by atoms with Crippen LogP contribution < -0.4 is 5.32 Å². The van der Waals surface area contributed by atoms with E-state index in [-0.39, 0.29) is 29.8 Å². The maximum absolute atomic E-state index is 13.1. The molecular formula is C20H23FN4O5S2. The van der Waals surface area contributed by atoms with Crippen molar-refractivity contribution >= 4 is 38.5 Å². The van der Waals surface area contributed by atoms with Crippen LogP contribution in [0.1, 0.15) is 23.4 Å². The molecule has 1 aromatic heterocycles. The molecule has 0 saturated carbocycles. The summed E-state index contributed by atoms with van der Waals surface area (Å²) in [6.45, 7) is 1.33. The molecule has 3 heterocycles. The lowest BCUT2D eigenvalue weighted by Crippen LogP contribution is -2.41. The number of carbonyl (C=O) groups excluding carboxylic acids is 2. The zero-order valence-corrected chi connectivity index (χ0v) is 19.0. The van der Waals surface area contributed by atoms with E-state index in [4.69, 9.17) is 4.74 Å². The molecule has 0 unspecified atom stereocenters. The second-order valence-corrected chi connectivity index (χ2v) is 10.7. The second-order valence-electron chi connectivity index (χ2n) is 7.65. The van der Waals surface area contributed by atoms with Crippen molar-refractivity contribution in [3.8, 4) is 0 Å². The Kier molecular flexibility index (Phi) is 6.45. The second kappa shape index (κ2) is 9.12. The third-order valence-corrected chi connectivity index (χ3v) is 8.58. The molecule has 9 nitrogen and oxygen atoms in total. The number of piperidine rings is 1. The van der Waals surface area contributed by atoms with Gasteiger partial charge in [0, 0.05) is 36.9 Å². The van der Waals surface area contributed by atoms with Gasteiger partial charge in [0.15, 0.2) is 5.13 Å². The smallest absolute Gasteiger partial charge is 0.409 e. The molecule has 0 spiro atoms. The summed E-state index contributed by atoms with van der Waals surface area (Å²) in [5.74, 6) is -1.02. The number of benzene rings is 1. The standard InChI is InChI=1S/C20H23FN4O5S2/c1-30-20(27)24-9-8-16-17(12-24)31-19(22-16)23-18(26)13-6-10-25(11-7-13)32(28,29)15-4-2-14(21)3-5-15/h2-5,13H,6-12H2,1H3,(H,22,23,26). The molecule has 2 aromatic rings. The highest BCUT2D eigenvalue weighted by atomic mass is 32.2. The molecule has 1 N–H and O–H groups in total. The van der Waals surface area contributed by atoms with E-state index in [0.717, 1.165) is 22.7 Å². The van der Waals surface area contributed by atoms with Gasteiger partial charge < -0.3 is 15.0 Å². The fourth-order valence-electron chi connectivity index (χ4n) is 3.86. The van der Waals surface area contributed by atoms with Crippen LogP contribution in [0.25, 0.3) is 0 Å². The van der Waals surface area contributed by atoms with Crippen LogP contribution in [0.3, 0.4) is 0 Å². The molecule has 1 aromatic carbocycles. The summed E-state index contributed by atoms with van der Waals surface area (Å²) < 4.78 is 44.7. The molecule has 4 rings (SSSR count). The fourth-order valence-corrected chi connectivity index (χ4v) is 6.35. The van der Waals surface area contributed by atoms with Crippen LogP contribution in [0.5, 0.6) is 0 Å². The lowest BCUT2D eigenvalue weighted by atomic mass is 9.97. The molecule has 0 bridgehead atoms. The van der Waals surface area contributed by atoms with E-state index >= 15 is 0 Å². The summed E-state index contributed by atoms with van der Waals surface area (Å²) in [5, 5.41) is 3.32. The maximum atomic E-state index is 13.1.